The van der Waals surface area contributed by atoms with Crippen LogP contribution in [0, 0.1) is 40.9 Å². The molecule has 0 radical (unpaired) electrons. The monoisotopic (exact) mass is 217 g/mol. The number of fused-ring (bicyclic) bond motifs is 6. The zero-order chi connectivity index (χ0) is 10.8. The van der Waals surface area contributed by atoms with Crippen molar-refractivity contribution in [3.05, 3.63) is 12.2 Å². The first kappa shape index (κ1) is 9.21. The Bertz CT molecular complexity index is 391. The van der Waals surface area contributed by atoms with E-state index in [1.54, 1.807) is 0 Å². The van der Waals surface area contributed by atoms with Crippen LogP contribution < -0.4 is 0 Å². The van der Waals surface area contributed by atoms with Crippen molar-refractivity contribution in [1.82, 2.24) is 0 Å². The molecule has 4 rings (SSSR count). The Labute approximate surface area is 95.0 Å². The summed E-state index contributed by atoms with van der Waals surface area (Å²) >= 11 is 0. The Hall–Kier alpha value is -0.850. The zero-order valence-corrected chi connectivity index (χ0v) is 9.13. The van der Waals surface area contributed by atoms with E-state index in [1.165, 1.54) is 6.42 Å². The highest BCUT2D eigenvalue weighted by molar-refractivity contribution is 5.23. The molecule has 1 aliphatic heterocycles. The summed E-state index contributed by atoms with van der Waals surface area (Å²) in [4.78, 5) is 0. The maximum absolute atomic E-state index is 9.30. The Balaban J connectivity index is 1.78. The van der Waals surface area contributed by atoms with Crippen LogP contribution >= 0.6 is 0 Å². The number of hydrogen-bond acceptors (Lipinski definition) is 3. The molecule has 1 heterocycles. The number of allylic oxidation sites excluding steroid dienone is 2. The number of rotatable bonds is 0. The SMILES string of the molecule is N#C[C@H]1CC2(OCCO2)[C@H]2[C@@H]1[C@H]1C=C[C@@H]2C1. The Morgan fingerprint density at radius 2 is 1.94 bits per heavy atom. The van der Waals surface area contributed by atoms with Gasteiger partial charge in [-0.05, 0) is 24.2 Å². The fraction of sp³-hybridized carbons (Fsp3) is 0.769. The van der Waals surface area contributed by atoms with Crippen LogP contribution in [-0.4, -0.2) is 19.0 Å². The van der Waals surface area contributed by atoms with Crippen molar-refractivity contribution < 1.29 is 9.47 Å². The number of nitriles is 1. The molecule has 84 valence electrons. The van der Waals surface area contributed by atoms with Crippen LogP contribution in [-0.2, 0) is 9.47 Å². The van der Waals surface area contributed by atoms with Crippen molar-refractivity contribution in [2.24, 2.45) is 29.6 Å². The number of hydrogen-bond donors (Lipinski definition) is 0. The molecule has 3 fully saturated rings. The highest BCUT2D eigenvalue weighted by Gasteiger charge is 2.65. The predicted molar refractivity (Wildman–Crippen MR) is 56.1 cm³/mol. The van der Waals surface area contributed by atoms with Gasteiger partial charge in [0.15, 0.2) is 5.79 Å². The first-order chi connectivity index (χ1) is 7.84. The van der Waals surface area contributed by atoms with E-state index in [2.05, 4.69) is 18.2 Å². The van der Waals surface area contributed by atoms with E-state index < -0.39 is 5.79 Å². The van der Waals surface area contributed by atoms with Gasteiger partial charge in [-0.3, -0.25) is 0 Å². The Morgan fingerprint density at radius 1 is 1.19 bits per heavy atom. The van der Waals surface area contributed by atoms with Crippen LogP contribution in [0.2, 0.25) is 0 Å². The Kier molecular flexibility index (Phi) is 1.66. The van der Waals surface area contributed by atoms with Crippen LogP contribution in [0.4, 0.5) is 0 Å². The van der Waals surface area contributed by atoms with Gasteiger partial charge in [0, 0.05) is 12.3 Å². The number of nitrogens with zero attached hydrogens (tertiary/aromatic N) is 1. The summed E-state index contributed by atoms with van der Waals surface area (Å²) in [7, 11) is 0. The fourth-order valence-electron chi connectivity index (χ4n) is 4.52. The van der Waals surface area contributed by atoms with Gasteiger partial charge >= 0.3 is 0 Å². The number of ether oxygens (including phenoxy) is 2. The van der Waals surface area contributed by atoms with E-state index in [9.17, 15) is 5.26 Å². The van der Waals surface area contributed by atoms with Crippen molar-refractivity contribution >= 4 is 0 Å². The lowest BCUT2D eigenvalue weighted by molar-refractivity contribution is -0.190. The lowest BCUT2D eigenvalue weighted by Gasteiger charge is -2.32. The largest absolute Gasteiger partial charge is 0.347 e. The van der Waals surface area contributed by atoms with Gasteiger partial charge in [-0.25, -0.2) is 0 Å². The van der Waals surface area contributed by atoms with Crippen molar-refractivity contribution in [2.75, 3.05) is 13.2 Å². The summed E-state index contributed by atoms with van der Waals surface area (Å²) in [5.74, 6) is 1.84. The lowest BCUT2D eigenvalue weighted by atomic mass is 9.81. The van der Waals surface area contributed by atoms with E-state index in [0.717, 1.165) is 6.42 Å². The maximum atomic E-state index is 9.30. The average Bonchev–Trinajstić information content (AvgIpc) is 3.03. The second-order valence-corrected chi connectivity index (χ2v) is 5.50. The van der Waals surface area contributed by atoms with Crippen LogP contribution in [0.1, 0.15) is 12.8 Å². The predicted octanol–water partition coefficient (Wildman–Crippen LogP) is 1.71. The molecule has 1 saturated heterocycles. The molecule has 4 aliphatic rings. The smallest absolute Gasteiger partial charge is 0.173 e. The summed E-state index contributed by atoms with van der Waals surface area (Å²) in [5, 5.41) is 9.30. The maximum Gasteiger partial charge on any atom is 0.173 e. The van der Waals surface area contributed by atoms with Crippen molar-refractivity contribution in [2.45, 2.75) is 18.6 Å². The van der Waals surface area contributed by atoms with E-state index in [0.29, 0.717) is 36.9 Å². The minimum absolute atomic E-state index is 0.128. The molecular formula is C13H15NO2. The molecule has 3 nitrogen and oxygen atoms in total. The lowest BCUT2D eigenvalue weighted by Crippen LogP contribution is -2.38. The van der Waals surface area contributed by atoms with E-state index in [1.807, 2.05) is 0 Å². The fourth-order valence-corrected chi connectivity index (χ4v) is 4.52. The first-order valence-electron chi connectivity index (χ1n) is 6.20. The summed E-state index contributed by atoms with van der Waals surface area (Å²) in [6.07, 6.45) is 6.62. The van der Waals surface area contributed by atoms with Crippen LogP contribution in [0.25, 0.3) is 0 Å². The van der Waals surface area contributed by atoms with Gasteiger partial charge < -0.3 is 9.47 Å². The van der Waals surface area contributed by atoms with Crippen molar-refractivity contribution in [1.29, 1.82) is 5.26 Å². The molecule has 3 aliphatic carbocycles. The quantitative estimate of drug-likeness (QED) is 0.580. The third-order valence-corrected chi connectivity index (χ3v) is 4.94. The van der Waals surface area contributed by atoms with Crippen molar-refractivity contribution in [3.8, 4) is 6.07 Å². The summed E-state index contributed by atoms with van der Waals surface area (Å²) < 4.78 is 11.8. The molecule has 0 aromatic heterocycles. The minimum atomic E-state index is -0.408. The minimum Gasteiger partial charge on any atom is -0.347 e. The normalized spacial score (nSPS) is 51.1. The third-order valence-electron chi connectivity index (χ3n) is 4.94. The molecule has 2 bridgehead atoms. The van der Waals surface area contributed by atoms with Gasteiger partial charge in [-0.15, -0.1) is 0 Å². The second-order valence-electron chi connectivity index (χ2n) is 5.50. The van der Waals surface area contributed by atoms with E-state index in [-0.39, 0.29) is 5.92 Å². The molecule has 5 atom stereocenters. The molecular weight excluding hydrogens is 202 g/mol. The highest BCUT2D eigenvalue weighted by Crippen LogP contribution is 2.63. The van der Waals surface area contributed by atoms with Gasteiger partial charge in [-0.2, -0.15) is 5.26 Å². The van der Waals surface area contributed by atoms with Gasteiger partial charge in [0.2, 0.25) is 0 Å². The topological polar surface area (TPSA) is 42.2 Å². The summed E-state index contributed by atoms with van der Waals surface area (Å²) in [6, 6.07) is 2.48. The molecule has 1 spiro atoms. The van der Waals surface area contributed by atoms with Crippen LogP contribution in [0.3, 0.4) is 0 Å². The molecule has 0 aromatic rings. The molecule has 0 unspecified atom stereocenters. The Morgan fingerprint density at radius 3 is 2.69 bits per heavy atom. The van der Waals surface area contributed by atoms with Crippen LogP contribution in [0.5, 0.6) is 0 Å². The molecule has 0 aromatic carbocycles. The first-order valence-corrected chi connectivity index (χ1v) is 6.20. The van der Waals surface area contributed by atoms with E-state index in [4.69, 9.17) is 9.47 Å². The molecule has 3 heteroatoms. The summed E-state index contributed by atoms with van der Waals surface area (Å²) in [5.41, 5.74) is 0. The summed E-state index contributed by atoms with van der Waals surface area (Å²) in [6.45, 7) is 1.39. The van der Waals surface area contributed by atoms with Crippen LogP contribution in [0.15, 0.2) is 12.2 Å². The zero-order valence-electron chi connectivity index (χ0n) is 9.13. The highest BCUT2D eigenvalue weighted by atomic mass is 16.7. The molecule has 0 amide bonds. The third kappa shape index (κ3) is 0.911. The molecule has 16 heavy (non-hydrogen) atoms. The van der Waals surface area contributed by atoms with Gasteiger partial charge in [0.1, 0.15) is 0 Å². The van der Waals surface area contributed by atoms with Gasteiger partial charge in [0.25, 0.3) is 0 Å². The van der Waals surface area contributed by atoms with Gasteiger partial charge in [-0.1, -0.05) is 12.2 Å². The second kappa shape index (κ2) is 2.88. The van der Waals surface area contributed by atoms with Crippen molar-refractivity contribution in [3.63, 3.8) is 0 Å². The van der Waals surface area contributed by atoms with Gasteiger partial charge in [0.05, 0.1) is 25.2 Å². The molecule has 0 N–H and O–H groups in total. The van der Waals surface area contributed by atoms with E-state index >= 15 is 0 Å². The standard InChI is InChI=1S/C13H15NO2/c14-7-10-6-13(15-3-4-16-13)12-9-2-1-8(5-9)11(10)12/h1-2,8-12H,3-6H2/t8-,9+,10+,11+,12+/m0/s1. The molecule has 2 saturated carbocycles. The average molecular weight is 217 g/mol.